The summed E-state index contributed by atoms with van der Waals surface area (Å²) in [5.41, 5.74) is 6.98. The maximum absolute atomic E-state index is 10.3. The highest BCUT2D eigenvalue weighted by molar-refractivity contribution is 5.27. The molecule has 100 valence electrons. The molecule has 2 rings (SSSR count). The van der Waals surface area contributed by atoms with Crippen LogP contribution in [0.5, 0.6) is 0 Å². The van der Waals surface area contributed by atoms with Crippen LogP contribution < -0.4 is 5.73 Å². The van der Waals surface area contributed by atoms with Crippen molar-refractivity contribution in [3.63, 3.8) is 0 Å². The molecule has 0 aromatic heterocycles. The fourth-order valence-electron chi connectivity index (χ4n) is 3.40. The monoisotopic (exact) mass is 247 g/mol. The zero-order chi connectivity index (χ0) is 13.0. The molecule has 1 saturated carbocycles. The van der Waals surface area contributed by atoms with E-state index in [0.717, 1.165) is 12.3 Å². The topological polar surface area (TPSA) is 46.2 Å². The lowest BCUT2D eigenvalue weighted by molar-refractivity contribution is 0.0825. The third-order valence-corrected chi connectivity index (χ3v) is 4.64. The van der Waals surface area contributed by atoms with E-state index in [4.69, 9.17) is 5.73 Å². The van der Waals surface area contributed by atoms with Crippen LogP contribution in [0, 0.1) is 5.92 Å². The fourth-order valence-corrected chi connectivity index (χ4v) is 3.40. The molecule has 1 aliphatic rings. The molecule has 0 radical (unpaired) electrons. The first-order chi connectivity index (χ1) is 8.69. The quantitative estimate of drug-likeness (QED) is 0.840. The fraction of sp³-hybridized carbons (Fsp3) is 0.625. The number of hydrogen-bond acceptors (Lipinski definition) is 2. The number of benzene rings is 1. The van der Waals surface area contributed by atoms with Gasteiger partial charge >= 0.3 is 0 Å². The molecule has 0 aliphatic heterocycles. The zero-order valence-electron chi connectivity index (χ0n) is 11.3. The Morgan fingerprint density at radius 3 is 2.39 bits per heavy atom. The number of aliphatic hydroxyl groups is 1. The highest BCUT2D eigenvalue weighted by atomic mass is 16.3. The van der Waals surface area contributed by atoms with E-state index >= 15 is 0 Å². The number of aliphatic hydroxyl groups excluding tert-OH is 1. The van der Waals surface area contributed by atoms with Gasteiger partial charge in [0.1, 0.15) is 0 Å². The summed E-state index contributed by atoms with van der Waals surface area (Å²) in [5, 5.41) is 10.3. The molecule has 1 aliphatic carbocycles. The van der Waals surface area contributed by atoms with Crippen molar-refractivity contribution in [3.05, 3.63) is 35.9 Å². The van der Waals surface area contributed by atoms with E-state index in [9.17, 15) is 5.11 Å². The average Bonchev–Trinajstić information content (AvgIpc) is 2.89. The van der Waals surface area contributed by atoms with E-state index in [1.807, 2.05) is 25.1 Å². The van der Waals surface area contributed by atoms with Crippen LogP contribution in [0.2, 0.25) is 0 Å². The normalized spacial score (nSPS) is 21.7. The molecule has 0 spiro atoms. The van der Waals surface area contributed by atoms with Crippen LogP contribution in [-0.2, 0) is 5.41 Å². The van der Waals surface area contributed by atoms with Crippen LogP contribution >= 0.6 is 0 Å². The third kappa shape index (κ3) is 2.60. The van der Waals surface area contributed by atoms with Gasteiger partial charge in [0, 0.05) is 12.0 Å². The van der Waals surface area contributed by atoms with Crippen LogP contribution in [0.1, 0.15) is 44.6 Å². The van der Waals surface area contributed by atoms with Gasteiger partial charge in [0.05, 0.1) is 6.10 Å². The maximum atomic E-state index is 10.3. The van der Waals surface area contributed by atoms with Gasteiger partial charge in [-0.25, -0.2) is 0 Å². The molecule has 1 aromatic carbocycles. The van der Waals surface area contributed by atoms with Crippen LogP contribution in [0.15, 0.2) is 30.3 Å². The Labute approximate surface area is 110 Å². The van der Waals surface area contributed by atoms with Crippen molar-refractivity contribution >= 4 is 0 Å². The predicted octanol–water partition coefficient (Wildman–Crippen LogP) is 2.84. The highest BCUT2D eigenvalue weighted by Gasteiger charge is 2.38. The van der Waals surface area contributed by atoms with Gasteiger partial charge in [0.15, 0.2) is 0 Å². The molecule has 3 N–H and O–H groups in total. The number of rotatable bonds is 5. The van der Waals surface area contributed by atoms with Gasteiger partial charge in [0.25, 0.3) is 0 Å². The van der Waals surface area contributed by atoms with Crippen molar-refractivity contribution in [1.82, 2.24) is 0 Å². The van der Waals surface area contributed by atoms with Gasteiger partial charge in [-0.2, -0.15) is 0 Å². The van der Waals surface area contributed by atoms with E-state index in [1.165, 1.54) is 31.2 Å². The molecule has 18 heavy (non-hydrogen) atoms. The lowest BCUT2D eigenvalue weighted by Gasteiger charge is -2.38. The second-order valence-corrected chi connectivity index (χ2v) is 5.76. The Morgan fingerprint density at radius 2 is 1.89 bits per heavy atom. The Bertz CT molecular complexity index is 357. The summed E-state index contributed by atoms with van der Waals surface area (Å²) in [5.74, 6) is 0.725. The number of hydrogen-bond donors (Lipinski definition) is 2. The second-order valence-electron chi connectivity index (χ2n) is 5.76. The zero-order valence-corrected chi connectivity index (χ0v) is 11.3. The van der Waals surface area contributed by atoms with Crippen molar-refractivity contribution in [2.45, 2.75) is 50.5 Å². The third-order valence-electron chi connectivity index (χ3n) is 4.64. The first-order valence-corrected chi connectivity index (χ1v) is 7.13. The smallest absolute Gasteiger partial charge is 0.0620 e. The summed E-state index contributed by atoms with van der Waals surface area (Å²) in [6, 6.07) is 10.3. The summed E-state index contributed by atoms with van der Waals surface area (Å²) in [7, 11) is 0. The van der Waals surface area contributed by atoms with Gasteiger partial charge < -0.3 is 10.8 Å². The van der Waals surface area contributed by atoms with Gasteiger partial charge in [-0.05, 0) is 24.8 Å². The van der Waals surface area contributed by atoms with Crippen molar-refractivity contribution in [3.8, 4) is 0 Å². The minimum atomic E-state index is -0.398. The van der Waals surface area contributed by atoms with E-state index in [0.29, 0.717) is 6.54 Å². The van der Waals surface area contributed by atoms with Crippen molar-refractivity contribution in [2.24, 2.45) is 11.7 Å². The maximum Gasteiger partial charge on any atom is 0.0620 e. The van der Waals surface area contributed by atoms with Crippen molar-refractivity contribution in [2.75, 3.05) is 6.54 Å². The minimum absolute atomic E-state index is 0.268. The Balaban J connectivity index is 2.27. The molecular weight excluding hydrogens is 222 g/mol. The molecular formula is C16H25NO. The SMILES string of the molecule is CC(O)C(CN)(CC1CCCC1)c1ccccc1. The molecule has 0 amide bonds. The molecule has 2 nitrogen and oxygen atoms in total. The molecule has 1 aromatic rings. The summed E-state index contributed by atoms with van der Waals surface area (Å²) < 4.78 is 0. The Kier molecular flexibility index (Phi) is 4.41. The average molecular weight is 247 g/mol. The molecule has 1 fully saturated rings. The molecule has 0 heterocycles. The lowest BCUT2D eigenvalue weighted by Crippen LogP contribution is -2.45. The molecule has 2 atom stereocenters. The van der Waals surface area contributed by atoms with Crippen LogP contribution in [-0.4, -0.2) is 17.8 Å². The largest absolute Gasteiger partial charge is 0.392 e. The highest BCUT2D eigenvalue weighted by Crippen LogP contribution is 2.39. The van der Waals surface area contributed by atoms with Gasteiger partial charge in [-0.15, -0.1) is 0 Å². The lowest BCUT2D eigenvalue weighted by atomic mass is 9.70. The summed E-state index contributed by atoms with van der Waals surface area (Å²) in [4.78, 5) is 0. The second kappa shape index (κ2) is 5.85. The van der Waals surface area contributed by atoms with Crippen LogP contribution in [0.3, 0.4) is 0 Å². The summed E-state index contributed by atoms with van der Waals surface area (Å²) >= 11 is 0. The molecule has 2 unspecified atom stereocenters. The Morgan fingerprint density at radius 1 is 1.28 bits per heavy atom. The standard InChI is InChI=1S/C16H25NO/c1-13(18)16(12-17,11-14-7-5-6-8-14)15-9-3-2-4-10-15/h2-4,9-10,13-14,18H,5-8,11-12,17H2,1H3. The van der Waals surface area contributed by atoms with E-state index in [-0.39, 0.29) is 5.41 Å². The molecule has 2 heteroatoms. The van der Waals surface area contributed by atoms with Crippen LogP contribution in [0.4, 0.5) is 0 Å². The van der Waals surface area contributed by atoms with Gasteiger partial charge in [0.2, 0.25) is 0 Å². The van der Waals surface area contributed by atoms with E-state index in [2.05, 4.69) is 12.1 Å². The van der Waals surface area contributed by atoms with Crippen molar-refractivity contribution in [1.29, 1.82) is 0 Å². The number of nitrogens with two attached hydrogens (primary N) is 1. The first kappa shape index (κ1) is 13.6. The van der Waals surface area contributed by atoms with E-state index < -0.39 is 6.10 Å². The molecule has 0 bridgehead atoms. The predicted molar refractivity (Wildman–Crippen MR) is 75.4 cm³/mol. The first-order valence-electron chi connectivity index (χ1n) is 7.13. The van der Waals surface area contributed by atoms with Crippen molar-refractivity contribution < 1.29 is 5.11 Å². The minimum Gasteiger partial charge on any atom is -0.392 e. The summed E-state index contributed by atoms with van der Waals surface area (Å²) in [6.07, 6.45) is 5.87. The van der Waals surface area contributed by atoms with E-state index in [1.54, 1.807) is 0 Å². The molecule has 0 saturated heterocycles. The van der Waals surface area contributed by atoms with Crippen LogP contribution in [0.25, 0.3) is 0 Å². The van der Waals surface area contributed by atoms with Gasteiger partial charge in [-0.1, -0.05) is 56.0 Å². The summed E-state index contributed by atoms with van der Waals surface area (Å²) in [6.45, 7) is 2.40. The Hall–Kier alpha value is -0.860. The van der Waals surface area contributed by atoms with Gasteiger partial charge in [-0.3, -0.25) is 0 Å².